The number of nitrogens with one attached hydrogen (secondary N) is 2. The minimum absolute atomic E-state index is 0.164. The van der Waals surface area contributed by atoms with Gasteiger partial charge in [0.05, 0.1) is 6.20 Å². The van der Waals surface area contributed by atoms with Crippen LogP contribution >= 0.6 is 11.3 Å². The van der Waals surface area contributed by atoms with Gasteiger partial charge in [-0.05, 0) is 45.8 Å². The first-order valence-electron chi connectivity index (χ1n) is 10.5. The van der Waals surface area contributed by atoms with Gasteiger partial charge in [0.15, 0.2) is 23.2 Å². The van der Waals surface area contributed by atoms with Crippen molar-refractivity contribution in [2.24, 2.45) is 5.92 Å². The molecule has 0 radical (unpaired) electrons. The van der Waals surface area contributed by atoms with Gasteiger partial charge in [-0.25, -0.2) is 4.98 Å². The summed E-state index contributed by atoms with van der Waals surface area (Å²) < 4.78 is 11.6. The number of hydrogen-bond acceptors (Lipinski definition) is 7. The van der Waals surface area contributed by atoms with Crippen molar-refractivity contribution in [3.05, 3.63) is 34.8 Å². The first-order chi connectivity index (χ1) is 14.8. The molecule has 2 aromatic rings. The number of para-hydroxylation sites is 1. The Morgan fingerprint density at radius 3 is 3.00 bits per heavy atom. The number of ether oxygens (including phenoxy) is 2. The summed E-state index contributed by atoms with van der Waals surface area (Å²) in [6.45, 7) is 6.58. The maximum atomic E-state index is 12.3. The number of anilines is 1. The van der Waals surface area contributed by atoms with Crippen molar-refractivity contribution in [3.63, 3.8) is 0 Å². The zero-order valence-corrected chi connectivity index (χ0v) is 18.9. The summed E-state index contributed by atoms with van der Waals surface area (Å²) in [7, 11) is 2.09. The average molecular weight is 445 g/mol. The number of thiazole rings is 1. The molecule has 0 aliphatic carbocycles. The third-order valence-electron chi connectivity index (χ3n) is 5.43. The second-order valence-corrected chi connectivity index (χ2v) is 9.81. The predicted molar refractivity (Wildman–Crippen MR) is 119 cm³/mol. The Hall–Kier alpha value is -2.65. The largest absolute Gasteiger partial charge is 0.483 e. The van der Waals surface area contributed by atoms with E-state index in [1.54, 1.807) is 6.07 Å². The lowest BCUT2D eigenvalue weighted by Crippen LogP contribution is -2.29. The molecule has 2 N–H and O–H groups in total. The molecule has 1 aromatic carbocycles. The number of aromatic nitrogens is 1. The summed E-state index contributed by atoms with van der Waals surface area (Å²) in [6.07, 6.45) is 3.37. The molecule has 8 nitrogen and oxygen atoms in total. The van der Waals surface area contributed by atoms with E-state index in [1.807, 2.05) is 26.0 Å². The van der Waals surface area contributed by atoms with Gasteiger partial charge >= 0.3 is 0 Å². The summed E-state index contributed by atoms with van der Waals surface area (Å²) in [5.41, 5.74) is 0.790. The van der Waals surface area contributed by atoms with Crippen molar-refractivity contribution in [1.82, 2.24) is 15.2 Å². The fourth-order valence-electron chi connectivity index (χ4n) is 3.95. The third-order valence-corrected chi connectivity index (χ3v) is 6.34. The Kier molecular flexibility index (Phi) is 6.15. The van der Waals surface area contributed by atoms with Gasteiger partial charge in [-0.1, -0.05) is 23.5 Å². The van der Waals surface area contributed by atoms with Gasteiger partial charge in [0.1, 0.15) is 10.5 Å². The first kappa shape index (κ1) is 21.6. The summed E-state index contributed by atoms with van der Waals surface area (Å²) in [6, 6.07) is 5.69. The van der Waals surface area contributed by atoms with Crippen LogP contribution in [0.4, 0.5) is 5.13 Å². The number of rotatable bonds is 7. The number of nitrogens with zero attached hydrogens (tertiary/aromatic N) is 2. The van der Waals surface area contributed by atoms with Crippen molar-refractivity contribution in [3.8, 4) is 11.5 Å². The molecule has 9 heteroatoms. The summed E-state index contributed by atoms with van der Waals surface area (Å²) >= 11 is 1.15. The lowest BCUT2D eigenvalue weighted by atomic mass is 10.0. The quantitative estimate of drug-likeness (QED) is 0.682. The maximum Gasteiger partial charge on any atom is 0.264 e. The molecule has 1 atom stereocenters. The van der Waals surface area contributed by atoms with Crippen molar-refractivity contribution in [1.29, 1.82) is 0 Å². The summed E-state index contributed by atoms with van der Waals surface area (Å²) in [5.74, 6) is 1.22. The molecule has 2 amide bonds. The van der Waals surface area contributed by atoms with Crippen molar-refractivity contribution in [2.75, 3.05) is 38.6 Å². The highest BCUT2D eigenvalue weighted by Gasteiger charge is 2.32. The molecule has 3 heterocycles. The van der Waals surface area contributed by atoms with E-state index in [9.17, 15) is 9.59 Å². The number of benzene rings is 1. The van der Waals surface area contributed by atoms with Gasteiger partial charge in [-0.15, -0.1) is 0 Å². The van der Waals surface area contributed by atoms with E-state index in [-0.39, 0.29) is 24.0 Å². The Morgan fingerprint density at radius 1 is 1.39 bits per heavy atom. The van der Waals surface area contributed by atoms with Crippen LogP contribution in [0.2, 0.25) is 0 Å². The SMILES string of the molecule is CN1CCC(CNC(=O)c2cnc(NC(=O)COc3cccc4c3OC(C)(C)C4)s2)C1. The molecule has 4 rings (SSSR count). The smallest absolute Gasteiger partial charge is 0.264 e. The normalized spacial score (nSPS) is 19.5. The second-order valence-electron chi connectivity index (χ2n) is 8.78. The zero-order chi connectivity index (χ0) is 22.0. The monoisotopic (exact) mass is 444 g/mol. The zero-order valence-electron chi connectivity index (χ0n) is 18.1. The van der Waals surface area contributed by atoms with Crippen LogP contribution in [-0.4, -0.2) is 60.6 Å². The third kappa shape index (κ3) is 5.34. The van der Waals surface area contributed by atoms with Crippen molar-refractivity contribution in [2.45, 2.75) is 32.3 Å². The van der Waals surface area contributed by atoms with Crippen LogP contribution in [0, 0.1) is 5.92 Å². The van der Waals surface area contributed by atoms with Gasteiger partial charge in [0, 0.05) is 25.1 Å². The maximum absolute atomic E-state index is 12.3. The highest BCUT2D eigenvalue weighted by atomic mass is 32.1. The molecule has 2 aliphatic heterocycles. The molecule has 0 saturated carbocycles. The number of fused-ring (bicyclic) bond motifs is 1. The van der Waals surface area contributed by atoms with E-state index >= 15 is 0 Å². The van der Waals surface area contributed by atoms with E-state index < -0.39 is 0 Å². The second kappa shape index (κ2) is 8.84. The number of carbonyl (C=O) groups excluding carboxylic acids is 2. The van der Waals surface area contributed by atoms with Gasteiger partial charge in [-0.2, -0.15) is 0 Å². The lowest BCUT2D eigenvalue weighted by molar-refractivity contribution is -0.118. The molecule has 166 valence electrons. The molecule has 0 spiro atoms. The molecule has 1 saturated heterocycles. The summed E-state index contributed by atoms with van der Waals surface area (Å²) in [4.78, 5) is 31.5. The van der Waals surface area contributed by atoms with E-state index in [0.29, 0.717) is 34.0 Å². The average Bonchev–Trinajstić information content (AvgIpc) is 3.42. The molecule has 2 aliphatic rings. The topological polar surface area (TPSA) is 92.8 Å². The van der Waals surface area contributed by atoms with Crippen LogP contribution in [0.25, 0.3) is 0 Å². The molecule has 0 bridgehead atoms. The van der Waals surface area contributed by atoms with E-state index in [4.69, 9.17) is 9.47 Å². The van der Waals surface area contributed by atoms with Crippen LogP contribution in [0.5, 0.6) is 11.5 Å². The molecule has 1 unspecified atom stereocenters. The standard InChI is InChI=1S/C22H28N4O4S/c1-22(2)9-15-5-4-6-16(19(15)30-22)29-13-18(27)25-21-24-11-17(31-21)20(28)23-10-14-7-8-26(3)12-14/h4-6,11,14H,7-10,12-13H2,1-3H3,(H,23,28)(H,24,25,27). The van der Waals surface area contributed by atoms with E-state index in [2.05, 4.69) is 27.6 Å². The number of hydrogen-bond donors (Lipinski definition) is 2. The van der Waals surface area contributed by atoms with Crippen molar-refractivity contribution >= 4 is 28.3 Å². The van der Waals surface area contributed by atoms with Crippen molar-refractivity contribution < 1.29 is 19.1 Å². The van der Waals surface area contributed by atoms with Gasteiger partial charge < -0.3 is 19.7 Å². The predicted octanol–water partition coefficient (Wildman–Crippen LogP) is 2.56. The fourth-order valence-corrected chi connectivity index (χ4v) is 4.70. The Labute approximate surface area is 185 Å². The lowest BCUT2D eigenvalue weighted by Gasteiger charge is -2.18. The fraction of sp³-hybridized carbons (Fsp3) is 0.500. The molecule has 1 aromatic heterocycles. The Bertz CT molecular complexity index is 974. The number of carbonyl (C=O) groups is 2. The van der Waals surface area contributed by atoms with E-state index in [1.165, 1.54) is 6.20 Å². The van der Waals surface area contributed by atoms with Gasteiger partial charge in [0.2, 0.25) is 0 Å². The molecular weight excluding hydrogens is 416 g/mol. The Morgan fingerprint density at radius 2 is 2.23 bits per heavy atom. The molecular formula is C22H28N4O4S. The van der Waals surface area contributed by atoms with E-state index in [0.717, 1.165) is 42.8 Å². The summed E-state index contributed by atoms with van der Waals surface area (Å²) in [5, 5.41) is 6.02. The highest BCUT2D eigenvalue weighted by Crippen LogP contribution is 2.41. The minimum Gasteiger partial charge on any atom is -0.483 e. The number of amides is 2. The minimum atomic E-state index is -0.342. The van der Waals surface area contributed by atoms with Crippen LogP contribution in [0.15, 0.2) is 24.4 Å². The van der Waals surface area contributed by atoms with Crippen LogP contribution < -0.4 is 20.1 Å². The van der Waals surface area contributed by atoms with Gasteiger partial charge in [-0.3, -0.25) is 14.9 Å². The van der Waals surface area contributed by atoms with Crippen LogP contribution in [0.3, 0.4) is 0 Å². The number of likely N-dealkylation sites (tertiary alicyclic amines) is 1. The highest BCUT2D eigenvalue weighted by molar-refractivity contribution is 7.17. The molecule has 31 heavy (non-hydrogen) atoms. The van der Waals surface area contributed by atoms with Crippen LogP contribution in [-0.2, 0) is 11.2 Å². The first-order valence-corrected chi connectivity index (χ1v) is 11.3. The van der Waals surface area contributed by atoms with Gasteiger partial charge in [0.25, 0.3) is 11.8 Å². The van der Waals surface area contributed by atoms with Crippen LogP contribution in [0.1, 0.15) is 35.5 Å². The Balaban J connectivity index is 1.26. The molecule has 1 fully saturated rings.